The maximum Gasteiger partial charge on any atom is 0.413 e. The van der Waals surface area contributed by atoms with Crippen molar-refractivity contribution in [3.05, 3.63) is 30.3 Å². The van der Waals surface area contributed by atoms with Crippen LogP contribution >= 0.6 is 0 Å². The Balaban J connectivity index is 2.56. The van der Waals surface area contributed by atoms with Crippen LogP contribution in [0.1, 0.15) is 6.42 Å². The zero-order chi connectivity index (χ0) is 13.5. The summed E-state index contributed by atoms with van der Waals surface area (Å²) in [6.45, 7) is 0. The first-order chi connectivity index (χ1) is 8.49. The molecule has 2 amide bonds. The Kier molecular flexibility index (Phi) is 4.67. The van der Waals surface area contributed by atoms with Gasteiger partial charge in [0.1, 0.15) is 11.8 Å². The number of para-hydroxylation sites is 1. The summed E-state index contributed by atoms with van der Waals surface area (Å²) in [5.74, 6) is -1.93. The Hall–Kier alpha value is -2.57. The van der Waals surface area contributed by atoms with Gasteiger partial charge in [-0.25, -0.2) is 9.59 Å². The van der Waals surface area contributed by atoms with Crippen LogP contribution in [-0.4, -0.2) is 29.1 Å². The van der Waals surface area contributed by atoms with Crippen molar-refractivity contribution < 1.29 is 24.2 Å². The molecule has 0 spiro atoms. The number of aliphatic carboxylic acids is 1. The van der Waals surface area contributed by atoms with Crippen LogP contribution in [0.25, 0.3) is 0 Å². The molecule has 1 atom stereocenters. The number of rotatable bonds is 5. The second kappa shape index (κ2) is 6.24. The molecule has 1 rings (SSSR count). The first-order valence-electron chi connectivity index (χ1n) is 5.03. The van der Waals surface area contributed by atoms with Gasteiger partial charge in [-0.15, -0.1) is 0 Å². The lowest BCUT2D eigenvalue weighted by molar-refractivity contribution is -0.141. The highest BCUT2D eigenvalue weighted by molar-refractivity contribution is 5.86. The van der Waals surface area contributed by atoms with E-state index in [-0.39, 0.29) is 5.75 Å². The third kappa shape index (κ3) is 4.52. The normalized spacial score (nSPS) is 11.3. The van der Waals surface area contributed by atoms with Crippen LogP contribution in [0.15, 0.2) is 30.3 Å². The van der Waals surface area contributed by atoms with Crippen molar-refractivity contribution in [2.45, 2.75) is 12.5 Å². The first kappa shape index (κ1) is 13.5. The number of benzene rings is 1. The highest BCUT2D eigenvalue weighted by Crippen LogP contribution is 2.08. The van der Waals surface area contributed by atoms with Crippen molar-refractivity contribution in [1.29, 1.82) is 0 Å². The summed E-state index contributed by atoms with van der Waals surface area (Å²) >= 11 is 0. The van der Waals surface area contributed by atoms with E-state index < -0.39 is 30.4 Å². The molecule has 0 heterocycles. The molecule has 0 aliphatic carbocycles. The van der Waals surface area contributed by atoms with Gasteiger partial charge in [-0.1, -0.05) is 18.2 Å². The molecule has 0 fully saturated rings. The van der Waals surface area contributed by atoms with Gasteiger partial charge in [-0.3, -0.25) is 4.79 Å². The molecule has 0 aromatic heterocycles. The smallest absolute Gasteiger partial charge is 0.413 e. The summed E-state index contributed by atoms with van der Waals surface area (Å²) in [6, 6.07) is 6.70. The van der Waals surface area contributed by atoms with E-state index >= 15 is 0 Å². The van der Waals surface area contributed by atoms with Crippen LogP contribution in [0.4, 0.5) is 4.79 Å². The van der Waals surface area contributed by atoms with Crippen LogP contribution in [0.5, 0.6) is 5.75 Å². The second-order valence-electron chi connectivity index (χ2n) is 3.41. The number of ether oxygens (including phenoxy) is 1. The maximum absolute atomic E-state index is 11.4. The standard InChI is InChI=1S/C11H12N2O5/c12-9(14)6-8(10(15)16)13-11(17)18-7-4-2-1-3-5-7/h1-5,8H,6H2,(H2,12,14)(H,13,17)(H,15,16)/t8-/m1/s1. The summed E-state index contributed by atoms with van der Waals surface area (Å²) in [7, 11) is 0. The zero-order valence-electron chi connectivity index (χ0n) is 9.33. The Labute approximate surface area is 103 Å². The van der Waals surface area contributed by atoms with Gasteiger partial charge in [-0.05, 0) is 12.1 Å². The summed E-state index contributed by atoms with van der Waals surface area (Å²) in [4.78, 5) is 32.7. The van der Waals surface area contributed by atoms with Gasteiger partial charge in [0, 0.05) is 0 Å². The van der Waals surface area contributed by atoms with Crippen LogP contribution in [0.3, 0.4) is 0 Å². The van der Waals surface area contributed by atoms with E-state index in [0.717, 1.165) is 0 Å². The zero-order valence-corrected chi connectivity index (χ0v) is 9.33. The fourth-order valence-electron chi connectivity index (χ4n) is 1.17. The van der Waals surface area contributed by atoms with Gasteiger partial charge >= 0.3 is 12.1 Å². The minimum atomic E-state index is -1.40. The molecule has 18 heavy (non-hydrogen) atoms. The number of hydrogen-bond acceptors (Lipinski definition) is 4. The van der Waals surface area contributed by atoms with Crippen LogP contribution in [0, 0.1) is 0 Å². The van der Waals surface area contributed by atoms with Gasteiger partial charge in [-0.2, -0.15) is 0 Å². The molecule has 1 aromatic rings. The molecule has 0 unspecified atom stereocenters. The molecular formula is C11H12N2O5. The van der Waals surface area contributed by atoms with Gasteiger partial charge in [0.15, 0.2) is 0 Å². The fraction of sp³-hybridized carbons (Fsp3) is 0.182. The van der Waals surface area contributed by atoms with Gasteiger partial charge < -0.3 is 20.9 Å². The predicted octanol–water partition coefficient (Wildman–Crippen LogP) is 0.104. The molecular weight excluding hydrogens is 240 g/mol. The van der Waals surface area contributed by atoms with E-state index in [9.17, 15) is 14.4 Å². The first-order valence-corrected chi connectivity index (χ1v) is 5.03. The number of primary amides is 1. The van der Waals surface area contributed by atoms with Crippen molar-refractivity contribution in [2.24, 2.45) is 5.73 Å². The van der Waals surface area contributed by atoms with E-state index in [1.54, 1.807) is 18.2 Å². The fourth-order valence-corrected chi connectivity index (χ4v) is 1.17. The SMILES string of the molecule is NC(=O)C[C@@H](NC(=O)Oc1ccccc1)C(=O)O. The van der Waals surface area contributed by atoms with E-state index in [4.69, 9.17) is 15.6 Å². The highest BCUT2D eigenvalue weighted by Gasteiger charge is 2.22. The topological polar surface area (TPSA) is 119 Å². The molecule has 4 N–H and O–H groups in total. The number of nitrogens with one attached hydrogen (secondary N) is 1. The maximum atomic E-state index is 11.4. The number of carboxylic acids is 1. The molecule has 0 saturated heterocycles. The number of carboxylic acid groups (broad SMARTS) is 1. The summed E-state index contributed by atoms with van der Waals surface area (Å²) < 4.78 is 4.81. The molecule has 7 heteroatoms. The van der Waals surface area contributed by atoms with Crippen LogP contribution < -0.4 is 15.8 Å². The minimum Gasteiger partial charge on any atom is -0.480 e. The van der Waals surface area contributed by atoms with E-state index in [2.05, 4.69) is 0 Å². The van der Waals surface area contributed by atoms with Gasteiger partial charge in [0.05, 0.1) is 6.42 Å². The van der Waals surface area contributed by atoms with Crippen molar-refractivity contribution in [2.75, 3.05) is 0 Å². The van der Waals surface area contributed by atoms with E-state index in [0.29, 0.717) is 0 Å². The van der Waals surface area contributed by atoms with Crippen molar-refractivity contribution in [1.82, 2.24) is 5.32 Å². The van der Waals surface area contributed by atoms with Crippen molar-refractivity contribution in [3.63, 3.8) is 0 Å². The average Bonchev–Trinajstić information content (AvgIpc) is 2.28. The van der Waals surface area contributed by atoms with Gasteiger partial charge in [0.25, 0.3) is 0 Å². The number of hydrogen-bond donors (Lipinski definition) is 3. The van der Waals surface area contributed by atoms with E-state index in [1.807, 2.05) is 5.32 Å². The lowest BCUT2D eigenvalue weighted by Gasteiger charge is -2.12. The van der Waals surface area contributed by atoms with Crippen LogP contribution in [0.2, 0.25) is 0 Å². The lowest BCUT2D eigenvalue weighted by Crippen LogP contribution is -2.44. The van der Waals surface area contributed by atoms with Crippen molar-refractivity contribution in [3.8, 4) is 5.75 Å². The molecule has 0 radical (unpaired) electrons. The van der Waals surface area contributed by atoms with Crippen LogP contribution in [-0.2, 0) is 9.59 Å². The van der Waals surface area contributed by atoms with Crippen molar-refractivity contribution >= 4 is 18.0 Å². The Morgan fingerprint density at radius 1 is 1.28 bits per heavy atom. The largest absolute Gasteiger partial charge is 0.480 e. The number of nitrogens with two attached hydrogens (primary N) is 1. The molecule has 0 bridgehead atoms. The minimum absolute atomic E-state index is 0.262. The predicted molar refractivity (Wildman–Crippen MR) is 60.8 cm³/mol. The Morgan fingerprint density at radius 3 is 2.39 bits per heavy atom. The highest BCUT2D eigenvalue weighted by atomic mass is 16.6. The van der Waals surface area contributed by atoms with Gasteiger partial charge in [0.2, 0.25) is 5.91 Å². The summed E-state index contributed by atoms with van der Waals surface area (Å²) in [5.41, 5.74) is 4.87. The Bertz CT molecular complexity index is 446. The second-order valence-corrected chi connectivity index (χ2v) is 3.41. The summed E-state index contributed by atoms with van der Waals surface area (Å²) in [6.07, 6.45) is -1.46. The molecule has 1 aromatic carbocycles. The quantitative estimate of drug-likeness (QED) is 0.686. The third-order valence-corrected chi connectivity index (χ3v) is 1.95. The number of amides is 2. The molecule has 7 nitrogen and oxygen atoms in total. The number of carbonyl (C=O) groups excluding carboxylic acids is 2. The molecule has 0 aliphatic rings. The lowest BCUT2D eigenvalue weighted by atomic mass is 10.2. The number of carbonyl (C=O) groups is 3. The molecule has 0 saturated carbocycles. The third-order valence-electron chi connectivity index (χ3n) is 1.95. The molecule has 96 valence electrons. The average molecular weight is 252 g/mol. The summed E-state index contributed by atoms with van der Waals surface area (Å²) in [5, 5.41) is 10.8. The Morgan fingerprint density at radius 2 is 1.89 bits per heavy atom. The monoisotopic (exact) mass is 252 g/mol. The molecule has 0 aliphatic heterocycles. The van der Waals surface area contributed by atoms with E-state index in [1.165, 1.54) is 12.1 Å².